The van der Waals surface area contributed by atoms with Gasteiger partial charge in [0.1, 0.15) is 11.4 Å². The van der Waals surface area contributed by atoms with Crippen LogP contribution < -0.4 is 14.2 Å². The van der Waals surface area contributed by atoms with Crippen LogP contribution >= 0.6 is 0 Å². The van der Waals surface area contributed by atoms with Gasteiger partial charge in [-0.3, -0.25) is 9.59 Å². The van der Waals surface area contributed by atoms with Crippen molar-refractivity contribution in [2.24, 2.45) is 0 Å². The van der Waals surface area contributed by atoms with Gasteiger partial charge in [-0.2, -0.15) is 0 Å². The number of hydrogen-bond donors (Lipinski definition) is 0. The van der Waals surface area contributed by atoms with Crippen molar-refractivity contribution in [3.8, 4) is 17.2 Å². The first-order valence-corrected chi connectivity index (χ1v) is 10.7. The van der Waals surface area contributed by atoms with E-state index in [0.29, 0.717) is 29.2 Å². The van der Waals surface area contributed by atoms with E-state index in [4.69, 9.17) is 14.2 Å². The van der Waals surface area contributed by atoms with E-state index in [1.54, 1.807) is 6.07 Å². The number of benzene rings is 1. The number of hydrogen-bond acceptors (Lipinski definition) is 5. The molecular formula is C25H34O5. The normalized spacial score (nSPS) is 17.0. The molecule has 2 rings (SSSR count). The van der Waals surface area contributed by atoms with Crippen molar-refractivity contribution in [1.82, 2.24) is 0 Å². The van der Waals surface area contributed by atoms with Gasteiger partial charge in [-0.1, -0.05) is 31.4 Å². The predicted molar refractivity (Wildman–Crippen MR) is 119 cm³/mol. The molecule has 5 heteroatoms. The Morgan fingerprint density at radius 2 is 1.80 bits per heavy atom. The minimum Gasteiger partial charge on any atom is -0.479 e. The van der Waals surface area contributed by atoms with Crippen molar-refractivity contribution < 1.29 is 23.8 Å². The van der Waals surface area contributed by atoms with Gasteiger partial charge >= 0.3 is 11.9 Å². The molecule has 1 heterocycles. The Morgan fingerprint density at radius 3 is 2.40 bits per heavy atom. The molecular weight excluding hydrogens is 380 g/mol. The van der Waals surface area contributed by atoms with Crippen molar-refractivity contribution in [3.63, 3.8) is 0 Å². The molecule has 1 aliphatic heterocycles. The second-order valence-corrected chi connectivity index (χ2v) is 8.32. The molecule has 0 saturated carbocycles. The number of allylic oxidation sites excluding steroid dienone is 2. The molecule has 0 bridgehead atoms. The molecule has 0 saturated heterocycles. The van der Waals surface area contributed by atoms with E-state index >= 15 is 0 Å². The Hall–Kier alpha value is -2.56. The van der Waals surface area contributed by atoms with Crippen LogP contribution in [-0.2, 0) is 16.0 Å². The highest BCUT2D eigenvalue weighted by atomic mass is 16.6. The fourth-order valence-corrected chi connectivity index (χ4v) is 3.50. The van der Waals surface area contributed by atoms with Crippen molar-refractivity contribution in [2.45, 2.75) is 85.7 Å². The van der Waals surface area contributed by atoms with E-state index in [1.165, 1.54) is 19.4 Å². The van der Waals surface area contributed by atoms with Crippen LogP contribution in [0.15, 0.2) is 23.8 Å². The maximum absolute atomic E-state index is 11.9. The van der Waals surface area contributed by atoms with Crippen LogP contribution in [0.25, 0.3) is 6.08 Å². The van der Waals surface area contributed by atoms with Gasteiger partial charge in [-0.15, -0.1) is 0 Å². The minimum atomic E-state index is -0.552. The van der Waals surface area contributed by atoms with Gasteiger partial charge in [0.15, 0.2) is 11.5 Å². The summed E-state index contributed by atoms with van der Waals surface area (Å²) in [5.74, 6) is 0.531. The van der Waals surface area contributed by atoms with Gasteiger partial charge in [0, 0.05) is 19.4 Å². The molecule has 0 amide bonds. The molecule has 0 aliphatic carbocycles. The molecule has 30 heavy (non-hydrogen) atoms. The molecule has 0 fully saturated rings. The Morgan fingerprint density at radius 1 is 1.10 bits per heavy atom. The predicted octanol–water partition coefficient (Wildman–Crippen LogP) is 6.18. The fraction of sp³-hybridized carbons (Fsp3) is 0.520. The molecule has 1 aromatic rings. The van der Waals surface area contributed by atoms with E-state index < -0.39 is 17.5 Å². The summed E-state index contributed by atoms with van der Waals surface area (Å²) in [6.07, 6.45) is 11.5. The number of fused-ring (bicyclic) bond motifs is 1. The molecule has 1 atom stereocenters. The molecule has 164 valence electrons. The van der Waals surface area contributed by atoms with Crippen LogP contribution in [0.2, 0.25) is 0 Å². The maximum atomic E-state index is 11.9. The van der Waals surface area contributed by atoms with E-state index in [9.17, 15) is 9.59 Å². The zero-order chi connectivity index (χ0) is 22.3. The first kappa shape index (κ1) is 23.7. The first-order valence-electron chi connectivity index (χ1n) is 10.7. The lowest BCUT2D eigenvalue weighted by molar-refractivity contribution is -0.133. The van der Waals surface area contributed by atoms with Crippen molar-refractivity contribution >= 4 is 18.0 Å². The van der Waals surface area contributed by atoms with E-state index in [-0.39, 0.29) is 0 Å². The standard InChI is InChI=1S/C25H34O5/c1-7-8-9-12-20-16-22(28-18(4)26)21-13-15-25(6,14-10-11-17(2)3)30-24(21)23(20)29-19(5)27/h11,13,15-16H,7-10,12,14H2,1-6H3. The number of carbonyl (C=O) groups is 2. The SMILES string of the molecule is CCCCCc1cc(OC(C)=O)c2c(c1OC(C)=O)OC(C)(CCC=C(C)C)C=C2. The van der Waals surface area contributed by atoms with Gasteiger partial charge in [-0.25, -0.2) is 0 Å². The van der Waals surface area contributed by atoms with E-state index in [1.807, 2.05) is 19.1 Å². The summed E-state index contributed by atoms with van der Waals surface area (Å²) in [6.45, 7) is 11.0. The summed E-state index contributed by atoms with van der Waals surface area (Å²) in [7, 11) is 0. The van der Waals surface area contributed by atoms with Crippen molar-refractivity contribution in [1.29, 1.82) is 0 Å². The summed E-state index contributed by atoms with van der Waals surface area (Å²) in [6, 6.07) is 1.80. The monoisotopic (exact) mass is 414 g/mol. The summed E-state index contributed by atoms with van der Waals surface area (Å²) in [5.41, 5.74) is 2.15. The molecule has 1 aromatic carbocycles. The lowest BCUT2D eigenvalue weighted by atomic mass is 9.92. The lowest BCUT2D eigenvalue weighted by Crippen LogP contribution is -2.32. The highest BCUT2D eigenvalue weighted by Gasteiger charge is 2.33. The fourth-order valence-electron chi connectivity index (χ4n) is 3.50. The quantitative estimate of drug-likeness (QED) is 0.209. The molecule has 1 aliphatic rings. The smallest absolute Gasteiger partial charge is 0.308 e. The lowest BCUT2D eigenvalue weighted by Gasteiger charge is -2.33. The Labute approximate surface area is 180 Å². The zero-order valence-electron chi connectivity index (χ0n) is 19.1. The summed E-state index contributed by atoms with van der Waals surface area (Å²) >= 11 is 0. The van der Waals surface area contributed by atoms with Crippen LogP contribution in [-0.4, -0.2) is 17.5 Å². The molecule has 0 N–H and O–H groups in total. The highest BCUT2D eigenvalue weighted by molar-refractivity contribution is 5.80. The Kier molecular flexibility index (Phi) is 8.27. The molecule has 5 nitrogen and oxygen atoms in total. The van der Waals surface area contributed by atoms with E-state index in [0.717, 1.165) is 37.7 Å². The first-order chi connectivity index (χ1) is 14.1. The topological polar surface area (TPSA) is 61.8 Å². The zero-order valence-corrected chi connectivity index (χ0v) is 19.1. The molecule has 0 radical (unpaired) electrons. The minimum absolute atomic E-state index is 0.401. The molecule has 0 spiro atoms. The molecule has 0 aromatic heterocycles. The van der Waals surface area contributed by atoms with E-state index in [2.05, 4.69) is 26.8 Å². The number of ether oxygens (including phenoxy) is 3. The average Bonchev–Trinajstić information content (AvgIpc) is 2.63. The highest BCUT2D eigenvalue weighted by Crippen LogP contribution is 2.47. The molecule has 1 unspecified atom stereocenters. The van der Waals surface area contributed by atoms with Gasteiger partial charge in [0.25, 0.3) is 0 Å². The number of esters is 2. The maximum Gasteiger partial charge on any atom is 0.308 e. The second-order valence-electron chi connectivity index (χ2n) is 8.32. The van der Waals surface area contributed by atoms with Crippen LogP contribution in [0.5, 0.6) is 17.2 Å². The Balaban J connectivity index is 2.52. The summed E-state index contributed by atoms with van der Waals surface area (Å²) in [4.78, 5) is 23.6. The van der Waals surface area contributed by atoms with Crippen LogP contribution in [0.4, 0.5) is 0 Å². The van der Waals surface area contributed by atoms with Crippen LogP contribution in [0.3, 0.4) is 0 Å². The van der Waals surface area contributed by atoms with Crippen molar-refractivity contribution in [3.05, 3.63) is 34.9 Å². The van der Waals surface area contributed by atoms with Gasteiger partial charge in [-0.05, 0) is 64.7 Å². The van der Waals surface area contributed by atoms with Crippen LogP contribution in [0.1, 0.15) is 84.8 Å². The van der Waals surface area contributed by atoms with Crippen LogP contribution in [0, 0.1) is 0 Å². The third-order valence-corrected chi connectivity index (χ3v) is 4.99. The summed E-state index contributed by atoms with van der Waals surface area (Å²) < 4.78 is 17.5. The van der Waals surface area contributed by atoms with Gasteiger partial charge in [0.05, 0.1) is 5.56 Å². The number of aryl methyl sites for hydroxylation is 1. The Bertz CT molecular complexity index is 846. The number of carbonyl (C=O) groups excluding carboxylic acids is 2. The largest absolute Gasteiger partial charge is 0.479 e. The van der Waals surface area contributed by atoms with Gasteiger partial charge < -0.3 is 14.2 Å². The van der Waals surface area contributed by atoms with Gasteiger partial charge in [0.2, 0.25) is 0 Å². The third kappa shape index (κ3) is 6.48. The summed E-state index contributed by atoms with van der Waals surface area (Å²) in [5, 5.41) is 0. The third-order valence-electron chi connectivity index (χ3n) is 4.99. The van der Waals surface area contributed by atoms with Crippen molar-refractivity contribution in [2.75, 3.05) is 0 Å². The second kappa shape index (κ2) is 10.5. The number of rotatable bonds is 9. The number of unbranched alkanes of at least 4 members (excludes halogenated alkanes) is 2. The average molecular weight is 415 g/mol.